The van der Waals surface area contributed by atoms with Gasteiger partial charge in [0, 0.05) is 48.7 Å². The number of benzene rings is 4. The Bertz CT molecular complexity index is 2630. The van der Waals surface area contributed by atoms with Crippen LogP contribution in [0, 0.1) is 0 Å². The van der Waals surface area contributed by atoms with Gasteiger partial charge in [-0.2, -0.15) is 0 Å². The minimum absolute atomic E-state index is 0.124. The molecule has 6 atom stereocenters. The van der Waals surface area contributed by atoms with Crippen molar-refractivity contribution in [1.29, 1.82) is 0 Å². The summed E-state index contributed by atoms with van der Waals surface area (Å²) in [6.07, 6.45) is 6.48. The zero-order valence-electron chi connectivity index (χ0n) is 42.8. The number of aromatic nitrogens is 1. The number of carbonyl (C=O) groups excluding carboxylic acids is 6. The van der Waals surface area contributed by atoms with Gasteiger partial charge >= 0.3 is 0 Å². The van der Waals surface area contributed by atoms with Crippen molar-refractivity contribution < 1.29 is 33.2 Å². The fraction of sp³-hybridized carbons (Fsp3) is 0.421. The van der Waals surface area contributed by atoms with E-state index in [0.717, 1.165) is 16.7 Å². The van der Waals surface area contributed by atoms with Crippen LogP contribution < -0.4 is 10.6 Å². The Morgan fingerprint density at radius 3 is 1.38 bits per heavy atom. The quantitative estimate of drug-likeness (QED) is 0.116. The molecule has 4 saturated heterocycles. The molecule has 6 amide bonds. The summed E-state index contributed by atoms with van der Waals surface area (Å²) in [5.41, 5.74) is 2.15. The molecule has 0 bridgehead atoms. The van der Waals surface area contributed by atoms with E-state index in [4.69, 9.17) is 4.42 Å². The largest absolute Gasteiger partial charge is 0.436 e. The highest BCUT2D eigenvalue weighted by Gasteiger charge is 2.53. The summed E-state index contributed by atoms with van der Waals surface area (Å²) in [4.78, 5) is 100.0. The molecule has 4 aromatic carbocycles. The Hall–Kier alpha value is -7.17. The van der Waals surface area contributed by atoms with Crippen molar-refractivity contribution in [3.63, 3.8) is 0 Å². The number of nitrogens with one attached hydrogen (secondary N) is 2. The summed E-state index contributed by atoms with van der Waals surface area (Å²) >= 11 is 0. The Labute approximate surface area is 427 Å². The molecule has 16 heteroatoms. The van der Waals surface area contributed by atoms with Crippen LogP contribution in [-0.2, 0) is 28.8 Å². The van der Waals surface area contributed by atoms with Crippen LogP contribution in [0.1, 0.15) is 88.4 Å². The number of rotatable bonds is 14. The molecule has 4 aliphatic heterocycles. The van der Waals surface area contributed by atoms with Crippen LogP contribution in [0.2, 0.25) is 0 Å². The third-order valence-corrected chi connectivity index (χ3v) is 15.4. The van der Waals surface area contributed by atoms with Crippen LogP contribution in [0.3, 0.4) is 0 Å². The predicted octanol–water partition coefficient (Wildman–Crippen LogP) is 7.24. The second-order valence-electron chi connectivity index (χ2n) is 20.8. The number of likely N-dealkylation sites (tertiary alicyclic amines) is 4. The second kappa shape index (κ2) is 21.1. The molecular formula is C57H67N9O7. The van der Waals surface area contributed by atoms with Crippen molar-refractivity contribution in [3.8, 4) is 22.8 Å². The molecule has 73 heavy (non-hydrogen) atoms. The number of nitrogens with zero attached hydrogens (tertiary/aromatic N) is 7. The van der Waals surface area contributed by atoms with Gasteiger partial charge < -0.3 is 34.7 Å². The summed E-state index contributed by atoms with van der Waals surface area (Å²) in [5, 5.41) is 6.03. The molecule has 2 N–H and O–H groups in total. The van der Waals surface area contributed by atoms with Crippen LogP contribution in [0.15, 0.2) is 120 Å². The monoisotopic (exact) mass is 990 g/mol. The maximum absolute atomic E-state index is 14.4. The molecule has 5 heterocycles. The Kier molecular flexibility index (Phi) is 14.7. The van der Waals surface area contributed by atoms with Crippen molar-refractivity contribution in [3.05, 3.63) is 127 Å². The van der Waals surface area contributed by atoms with E-state index in [2.05, 4.69) is 15.6 Å². The van der Waals surface area contributed by atoms with Gasteiger partial charge in [-0.15, -0.1) is 0 Å². The minimum Gasteiger partial charge on any atom is -0.436 e. The number of anilines is 2. The third-order valence-electron chi connectivity index (χ3n) is 15.4. The summed E-state index contributed by atoms with van der Waals surface area (Å²) in [6, 6.07) is 31.2. The van der Waals surface area contributed by atoms with Gasteiger partial charge in [-0.3, -0.25) is 38.6 Å². The number of carbonyl (C=O) groups is 6. The summed E-state index contributed by atoms with van der Waals surface area (Å²) in [6.45, 7) is 5.50. The number of amides is 6. The number of oxazole rings is 1. The van der Waals surface area contributed by atoms with E-state index in [1.165, 1.54) is 0 Å². The molecule has 4 aliphatic rings. The van der Waals surface area contributed by atoms with Gasteiger partial charge in [0.1, 0.15) is 35.2 Å². The molecule has 2 unspecified atom stereocenters. The molecule has 0 radical (unpaired) electrons. The topological polar surface area (TPSA) is 172 Å². The predicted molar refractivity (Wildman–Crippen MR) is 279 cm³/mol. The van der Waals surface area contributed by atoms with Gasteiger partial charge in [0.05, 0.1) is 6.20 Å². The van der Waals surface area contributed by atoms with E-state index in [1.54, 1.807) is 50.1 Å². The molecule has 382 valence electrons. The standard InChI is InChI=1S/C57H67N9O7/c1-56(31-15-35-65(56)52(69)47(61(3)4)39-17-9-7-10-18-39)54(71)63-33-13-21-44(63)49(67)59-42-27-23-38(24-28-42)46-37-58-51(73-46)41-25-29-43(30-26-41)60-50(68)45-22-14-34-64(45)55(72)57(2)32-16-36-66(57)53(70)48(62(5)6)40-19-11-8-12-20-40/h7-12,17-20,23-30,37,44-45,47-48H,13-16,21-22,31-36H2,1-6H3,(H,59,67)(H,60,68)/t44?,45-,47+,48+,56?,57-/m0/s1. The maximum Gasteiger partial charge on any atom is 0.248 e. The second-order valence-corrected chi connectivity index (χ2v) is 20.8. The first-order valence-corrected chi connectivity index (χ1v) is 25.6. The first-order valence-electron chi connectivity index (χ1n) is 25.6. The van der Waals surface area contributed by atoms with Crippen molar-refractivity contribution in [2.75, 3.05) is 65.0 Å². The first kappa shape index (κ1) is 50.8. The van der Waals surface area contributed by atoms with E-state index in [-0.39, 0.29) is 35.4 Å². The SMILES string of the molecule is CN(C)[C@@H](C(=O)N1CCCC1(C)C(=O)N1CCCC1C(=O)Nc1ccc(-c2cnc(-c3ccc(NC(=O)[C@@H]4CCCN4C(=O)[C@]4(C)CCCN4C(=O)[C@@H](c4ccccc4)N(C)C)cc3)o2)cc1)c1ccccc1. The zero-order chi connectivity index (χ0) is 51.6. The van der Waals surface area contributed by atoms with Gasteiger partial charge in [-0.25, -0.2) is 4.98 Å². The fourth-order valence-corrected chi connectivity index (χ4v) is 11.6. The van der Waals surface area contributed by atoms with Gasteiger partial charge in [-0.05, 0) is 153 Å². The molecule has 16 nitrogen and oxygen atoms in total. The average molecular weight is 990 g/mol. The smallest absolute Gasteiger partial charge is 0.248 e. The van der Waals surface area contributed by atoms with Crippen molar-refractivity contribution >= 4 is 46.8 Å². The minimum atomic E-state index is -1.07. The van der Waals surface area contributed by atoms with Crippen LogP contribution >= 0.6 is 0 Å². The molecule has 9 rings (SSSR count). The Balaban J connectivity index is 0.798. The summed E-state index contributed by atoms with van der Waals surface area (Å²) in [5.74, 6) is -0.305. The van der Waals surface area contributed by atoms with Crippen molar-refractivity contribution in [1.82, 2.24) is 34.4 Å². The van der Waals surface area contributed by atoms with Crippen molar-refractivity contribution in [2.24, 2.45) is 0 Å². The lowest BCUT2D eigenvalue weighted by Gasteiger charge is -2.40. The van der Waals surface area contributed by atoms with Crippen molar-refractivity contribution in [2.45, 2.75) is 100 Å². The first-order chi connectivity index (χ1) is 35.1. The van der Waals surface area contributed by atoms with Crippen LogP contribution in [0.4, 0.5) is 11.4 Å². The lowest BCUT2D eigenvalue weighted by atomic mass is 9.94. The highest BCUT2D eigenvalue weighted by atomic mass is 16.4. The zero-order valence-corrected chi connectivity index (χ0v) is 42.8. The van der Waals surface area contributed by atoms with Gasteiger partial charge in [0.15, 0.2) is 5.76 Å². The Morgan fingerprint density at radius 1 is 0.562 bits per heavy atom. The highest BCUT2D eigenvalue weighted by Crippen LogP contribution is 2.39. The average Bonchev–Trinajstić information content (AvgIpc) is 4.26. The van der Waals surface area contributed by atoms with Crippen LogP contribution in [-0.4, -0.2) is 147 Å². The molecule has 0 spiro atoms. The maximum atomic E-state index is 14.4. The van der Waals surface area contributed by atoms with Gasteiger partial charge in [0.2, 0.25) is 41.3 Å². The lowest BCUT2D eigenvalue weighted by Crippen LogP contribution is -2.60. The van der Waals surface area contributed by atoms with Gasteiger partial charge in [0.25, 0.3) is 0 Å². The van der Waals surface area contributed by atoms with Crippen LogP contribution in [0.25, 0.3) is 22.8 Å². The molecule has 5 aromatic rings. The van der Waals surface area contributed by atoms with E-state index < -0.39 is 35.2 Å². The molecule has 0 saturated carbocycles. The van der Waals surface area contributed by atoms with E-state index in [0.29, 0.717) is 106 Å². The number of hydrogen-bond donors (Lipinski definition) is 2. The van der Waals surface area contributed by atoms with E-state index in [1.807, 2.05) is 137 Å². The van der Waals surface area contributed by atoms with E-state index >= 15 is 0 Å². The summed E-state index contributed by atoms with van der Waals surface area (Å²) in [7, 11) is 7.48. The molecule has 4 fully saturated rings. The summed E-state index contributed by atoms with van der Waals surface area (Å²) < 4.78 is 6.18. The Morgan fingerprint density at radius 2 is 0.973 bits per heavy atom. The lowest BCUT2D eigenvalue weighted by molar-refractivity contribution is -0.154. The number of hydrogen-bond acceptors (Lipinski definition) is 10. The van der Waals surface area contributed by atoms with E-state index in [9.17, 15) is 28.8 Å². The third kappa shape index (κ3) is 10.0. The van der Waals surface area contributed by atoms with Gasteiger partial charge in [-0.1, -0.05) is 60.7 Å². The highest BCUT2D eigenvalue weighted by molar-refractivity contribution is 6.02. The normalized spacial score (nSPS) is 22.7. The molecular weight excluding hydrogens is 923 g/mol. The molecule has 0 aliphatic carbocycles. The number of likely N-dealkylation sites (N-methyl/N-ethyl adjacent to an activating group) is 2. The van der Waals surface area contributed by atoms with Crippen LogP contribution in [0.5, 0.6) is 0 Å². The fourth-order valence-electron chi connectivity index (χ4n) is 11.6. The molecule has 1 aromatic heterocycles.